The predicted molar refractivity (Wildman–Crippen MR) is 112 cm³/mol. The first-order valence-electron chi connectivity index (χ1n) is 9.87. The number of para-hydroxylation sites is 1. The van der Waals surface area contributed by atoms with Gasteiger partial charge in [-0.15, -0.1) is 0 Å². The van der Waals surface area contributed by atoms with E-state index in [1.165, 1.54) is 4.31 Å². The van der Waals surface area contributed by atoms with Crippen LogP contribution < -0.4 is 4.31 Å². The van der Waals surface area contributed by atoms with Crippen LogP contribution in [0.15, 0.2) is 59.5 Å². The summed E-state index contributed by atoms with van der Waals surface area (Å²) in [7, 11) is -3.85. The van der Waals surface area contributed by atoms with Crippen molar-refractivity contribution in [1.29, 1.82) is 0 Å². The number of aryl methyl sites for hydroxylation is 1. The average molecular weight is 401 g/mol. The first kappa shape index (κ1) is 20.4. The molecule has 0 N–H and O–H groups in total. The lowest BCUT2D eigenvalue weighted by molar-refractivity contribution is -0.131. The van der Waals surface area contributed by atoms with Crippen molar-refractivity contribution >= 4 is 21.6 Å². The number of carbonyl (C=O) groups is 1. The highest BCUT2D eigenvalue weighted by Crippen LogP contribution is 2.28. The number of rotatable bonds is 6. The number of carbonyl (C=O) groups excluding carboxylic acids is 1. The molecule has 1 heterocycles. The fraction of sp³-hybridized carbons (Fsp3) is 0.409. The van der Waals surface area contributed by atoms with E-state index < -0.39 is 10.0 Å². The number of amides is 1. The predicted octanol–water partition coefficient (Wildman–Crippen LogP) is 3.70. The number of likely N-dealkylation sites (tertiary alicyclic amines) is 1. The molecule has 0 spiro atoms. The van der Waals surface area contributed by atoms with Gasteiger partial charge in [0.2, 0.25) is 5.91 Å². The number of hydrogen-bond acceptors (Lipinski definition) is 3. The SMILES string of the molecule is CCc1ccccc1N(CC(=O)N1CCCC(C)C1)S(=O)(=O)c1ccccc1. The Morgan fingerprint density at radius 1 is 1.11 bits per heavy atom. The lowest BCUT2D eigenvalue weighted by Crippen LogP contribution is -2.46. The second-order valence-electron chi connectivity index (χ2n) is 7.39. The van der Waals surface area contributed by atoms with Gasteiger partial charge in [-0.25, -0.2) is 8.42 Å². The normalized spacial score (nSPS) is 17.4. The smallest absolute Gasteiger partial charge is 0.264 e. The summed E-state index contributed by atoms with van der Waals surface area (Å²) in [5, 5.41) is 0. The molecular weight excluding hydrogens is 372 g/mol. The number of nitrogens with zero attached hydrogens (tertiary/aromatic N) is 2. The van der Waals surface area contributed by atoms with Crippen molar-refractivity contribution in [3.8, 4) is 0 Å². The summed E-state index contributed by atoms with van der Waals surface area (Å²) in [5.41, 5.74) is 1.48. The molecule has 2 aromatic rings. The molecule has 1 amide bonds. The molecule has 0 aromatic heterocycles. The molecule has 28 heavy (non-hydrogen) atoms. The Balaban J connectivity index is 1.99. The third kappa shape index (κ3) is 4.38. The van der Waals surface area contributed by atoms with Crippen molar-refractivity contribution in [1.82, 2.24) is 4.90 Å². The summed E-state index contributed by atoms with van der Waals surface area (Å²) in [6.07, 6.45) is 2.75. The Hall–Kier alpha value is -2.34. The van der Waals surface area contributed by atoms with Crippen molar-refractivity contribution in [2.24, 2.45) is 5.92 Å². The molecule has 1 aliphatic rings. The van der Waals surface area contributed by atoms with Gasteiger partial charge in [0.15, 0.2) is 0 Å². The highest BCUT2D eigenvalue weighted by Gasteiger charge is 2.31. The van der Waals surface area contributed by atoms with E-state index in [1.807, 2.05) is 25.1 Å². The molecule has 1 atom stereocenters. The highest BCUT2D eigenvalue weighted by molar-refractivity contribution is 7.92. The van der Waals surface area contributed by atoms with E-state index in [4.69, 9.17) is 0 Å². The maximum Gasteiger partial charge on any atom is 0.264 e. The van der Waals surface area contributed by atoms with Gasteiger partial charge in [0.05, 0.1) is 10.6 Å². The first-order chi connectivity index (χ1) is 13.4. The molecule has 1 aliphatic heterocycles. The quantitative estimate of drug-likeness (QED) is 0.743. The summed E-state index contributed by atoms with van der Waals surface area (Å²) in [6, 6.07) is 15.7. The summed E-state index contributed by atoms with van der Waals surface area (Å²) in [6.45, 7) is 5.32. The van der Waals surface area contributed by atoms with Crippen LogP contribution in [0.4, 0.5) is 5.69 Å². The van der Waals surface area contributed by atoms with E-state index in [0.717, 1.165) is 18.4 Å². The molecule has 0 bridgehead atoms. The van der Waals surface area contributed by atoms with Gasteiger partial charge in [-0.3, -0.25) is 9.10 Å². The summed E-state index contributed by atoms with van der Waals surface area (Å²) < 4.78 is 28.2. The Bertz CT molecular complexity index is 912. The molecule has 0 saturated carbocycles. The standard InChI is InChI=1S/C22H28N2O3S/c1-3-19-11-7-8-14-21(19)24(28(26,27)20-12-5-4-6-13-20)17-22(25)23-15-9-10-18(2)16-23/h4-8,11-14,18H,3,9-10,15-17H2,1-2H3. The summed E-state index contributed by atoms with van der Waals surface area (Å²) >= 11 is 0. The van der Waals surface area contributed by atoms with Crippen LogP contribution >= 0.6 is 0 Å². The minimum atomic E-state index is -3.85. The van der Waals surface area contributed by atoms with Gasteiger partial charge in [-0.05, 0) is 48.9 Å². The van der Waals surface area contributed by atoms with Gasteiger partial charge >= 0.3 is 0 Å². The minimum absolute atomic E-state index is 0.142. The van der Waals surface area contributed by atoms with Gasteiger partial charge in [0.25, 0.3) is 10.0 Å². The topological polar surface area (TPSA) is 57.7 Å². The number of piperidine rings is 1. The molecule has 0 aliphatic carbocycles. The van der Waals surface area contributed by atoms with E-state index in [-0.39, 0.29) is 17.3 Å². The van der Waals surface area contributed by atoms with Crippen LogP contribution in [0.1, 0.15) is 32.3 Å². The zero-order valence-corrected chi connectivity index (χ0v) is 17.4. The summed E-state index contributed by atoms with van der Waals surface area (Å²) in [4.78, 5) is 15.0. The van der Waals surface area contributed by atoms with Crippen LogP contribution in [0, 0.1) is 5.92 Å². The summed E-state index contributed by atoms with van der Waals surface area (Å²) in [5.74, 6) is 0.303. The fourth-order valence-corrected chi connectivity index (χ4v) is 5.18. The molecule has 150 valence electrons. The van der Waals surface area contributed by atoms with E-state index in [0.29, 0.717) is 31.1 Å². The molecule has 1 unspecified atom stereocenters. The molecule has 1 fully saturated rings. The van der Waals surface area contributed by atoms with Crippen molar-refractivity contribution in [2.75, 3.05) is 23.9 Å². The van der Waals surface area contributed by atoms with E-state index in [1.54, 1.807) is 41.3 Å². The zero-order chi connectivity index (χ0) is 20.1. The lowest BCUT2D eigenvalue weighted by Gasteiger charge is -2.33. The van der Waals surface area contributed by atoms with Crippen molar-refractivity contribution in [2.45, 2.75) is 38.0 Å². The number of sulfonamides is 1. The van der Waals surface area contributed by atoms with Gasteiger partial charge in [0.1, 0.15) is 6.54 Å². The maximum atomic E-state index is 13.4. The Morgan fingerprint density at radius 2 is 1.79 bits per heavy atom. The van der Waals surface area contributed by atoms with Gasteiger partial charge < -0.3 is 4.90 Å². The third-order valence-corrected chi connectivity index (χ3v) is 7.03. The zero-order valence-electron chi connectivity index (χ0n) is 16.5. The Kier molecular flexibility index (Phi) is 6.39. The molecular formula is C22H28N2O3S. The van der Waals surface area contributed by atoms with E-state index in [9.17, 15) is 13.2 Å². The number of benzene rings is 2. The van der Waals surface area contributed by atoms with Crippen LogP contribution in [-0.4, -0.2) is 38.9 Å². The second kappa shape index (κ2) is 8.78. The van der Waals surface area contributed by atoms with Gasteiger partial charge in [0, 0.05) is 13.1 Å². The largest absolute Gasteiger partial charge is 0.341 e. The Labute approximate surface area is 168 Å². The molecule has 2 aromatic carbocycles. The number of hydrogen-bond donors (Lipinski definition) is 0. The van der Waals surface area contributed by atoms with Crippen LogP contribution in [0.2, 0.25) is 0 Å². The average Bonchev–Trinajstić information content (AvgIpc) is 2.72. The minimum Gasteiger partial charge on any atom is -0.341 e. The fourth-order valence-electron chi connectivity index (χ4n) is 3.71. The molecule has 3 rings (SSSR count). The van der Waals surface area contributed by atoms with E-state index >= 15 is 0 Å². The van der Waals surface area contributed by atoms with Crippen molar-refractivity contribution in [3.05, 3.63) is 60.2 Å². The van der Waals surface area contributed by atoms with Crippen LogP contribution in [-0.2, 0) is 21.2 Å². The van der Waals surface area contributed by atoms with Crippen LogP contribution in [0.3, 0.4) is 0 Å². The highest BCUT2D eigenvalue weighted by atomic mass is 32.2. The van der Waals surface area contributed by atoms with Gasteiger partial charge in [-0.2, -0.15) is 0 Å². The molecule has 6 heteroatoms. The van der Waals surface area contributed by atoms with Crippen molar-refractivity contribution < 1.29 is 13.2 Å². The number of anilines is 1. The maximum absolute atomic E-state index is 13.4. The van der Waals surface area contributed by atoms with Gasteiger partial charge in [-0.1, -0.05) is 50.2 Å². The van der Waals surface area contributed by atoms with Crippen molar-refractivity contribution in [3.63, 3.8) is 0 Å². The first-order valence-corrected chi connectivity index (χ1v) is 11.3. The van der Waals surface area contributed by atoms with Crippen LogP contribution in [0.25, 0.3) is 0 Å². The third-order valence-electron chi connectivity index (χ3n) is 5.26. The lowest BCUT2D eigenvalue weighted by atomic mass is 10.0. The molecule has 5 nitrogen and oxygen atoms in total. The van der Waals surface area contributed by atoms with Crippen LogP contribution in [0.5, 0.6) is 0 Å². The Morgan fingerprint density at radius 3 is 2.46 bits per heavy atom. The van der Waals surface area contributed by atoms with E-state index in [2.05, 4.69) is 6.92 Å². The molecule has 0 radical (unpaired) electrons. The monoisotopic (exact) mass is 400 g/mol. The second-order valence-corrected chi connectivity index (χ2v) is 9.26. The molecule has 1 saturated heterocycles.